The normalized spacial score (nSPS) is 12.0. The van der Waals surface area contributed by atoms with E-state index in [9.17, 15) is 18.0 Å². The zero-order chi connectivity index (χ0) is 33.3. The van der Waals surface area contributed by atoms with E-state index in [1.807, 2.05) is 75.4 Å². The number of hydrogen-bond acceptors (Lipinski definition) is 5. The third-order valence-electron chi connectivity index (χ3n) is 7.44. The predicted molar refractivity (Wildman–Crippen MR) is 185 cm³/mol. The fourth-order valence-electron chi connectivity index (χ4n) is 5.00. The third kappa shape index (κ3) is 8.98. The largest absolute Gasteiger partial charge is 0.495 e. The maximum atomic E-state index is 14.6. The molecule has 0 bridgehead atoms. The van der Waals surface area contributed by atoms with Crippen LogP contribution in [0.25, 0.3) is 0 Å². The maximum absolute atomic E-state index is 14.6. The molecule has 0 spiro atoms. The van der Waals surface area contributed by atoms with Crippen LogP contribution in [0.1, 0.15) is 30.5 Å². The summed E-state index contributed by atoms with van der Waals surface area (Å²) in [6.07, 6.45) is 0.240. The number of methoxy groups -OCH3 is 1. The standard InChI is InChI=1S/C36H40BrN3O5S/c1-26(2)23-38-36(42)33(22-28-11-6-5-7-12-28)39(24-29-13-10-14-30(37)21-29)35(41)25-40(32-15-8-9-16-34(32)45-4)46(43,44)31-19-17-27(3)18-20-31/h5-21,26,33H,22-25H2,1-4H3,(H,38,42)/t33-/m1/s1. The fraction of sp³-hybridized carbons (Fsp3) is 0.278. The summed E-state index contributed by atoms with van der Waals surface area (Å²) in [5.74, 6) is -0.371. The first kappa shape index (κ1) is 34.7. The Morgan fingerprint density at radius 2 is 1.52 bits per heavy atom. The van der Waals surface area contributed by atoms with Crippen LogP contribution >= 0.6 is 15.9 Å². The first-order valence-corrected chi connectivity index (χ1v) is 17.3. The van der Waals surface area contributed by atoms with E-state index in [0.29, 0.717) is 12.3 Å². The number of para-hydroxylation sites is 2. The molecule has 0 fully saturated rings. The van der Waals surface area contributed by atoms with Crippen molar-refractivity contribution in [2.24, 2.45) is 5.92 Å². The molecule has 4 rings (SSSR count). The molecule has 1 atom stereocenters. The van der Waals surface area contributed by atoms with Gasteiger partial charge >= 0.3 is 0 Å². The summed E-state index contributed by atoms with van der Waals surface area (Å²) >= 11 is 3.51. The lowest BCUT2D eigenvalue weighted by Gasteiger charge is -2.34. The topological polar surface area (TPSA) is 96.0 Å². The van der Waals surface area contributed by atoms with E-state index in [0.717, 1.165) is 25.5 Å². The molecule has 0 aromatic heterocycles. The Hall–Kier alpha value is -4.15. The number of halogens is 1. The summed E-state index contributed by atoms with van der Waals surface area (Å²) in [6, 6.07) is 29.2. The Balaban J connectivity index is 1.83. The van der Waals surface area contributed by atoms with E-state index in [1.54, 1.807) is 36.4 Å². The predicted octanol–water partition coefficient (Wildman–Crippen LogP) is 6.37. The number of anilines is 1. The minimum atomic E-state index is -4.24. The number of amides is 2. The second-order valence-corrected chi connectivity index (χ2v) is 14.3. The van der Waals surface area contributed by atoms with Gasteiger partial charge in [-0.25, -0.2) is 8.42 Å². The van der Waals surface area contributed by atoms with Crippen LogP contribution in [0.3, 0.4) is 0 Å². The van der Waals surface area contributed by atoms with Crippen molar-refractivity contribution in [2.75, 3.05) is 24.5 Å². The summed E-state index contributed by atoms with van der Waals surface area (Å²) < 4.78 is 36.0. The van der Waals surface area contributed by atoms with Crippen LogP contribution in [0.5, 0.6) is 5.75 Å². The average Bonchev–Trinajstić information content (AvgIpc) is 3.04. The van der Waals surface area contributed by atoms with E-state index in [2.05, 4.69) is 21.2 Å². The summed E-state index contributed by atoms with van der Waals surface area (Å²) in [7, 11) is -2.79. The van der Waals surface area contributed by atoms with Gasteiger partial charge < -0.3 is 15.0 Å². The van der Waals surface area contributed by atoms with Crippen LogP contribution in [0, 0.1) is 12.8 Å². The van der Waals surface area contributed by atoms with Gasteiger partial charge in [0, 0.05) is 24.0 Å². The summed E-state index contributed by atoms with van der Waals surface area (Å²) in [5.41, 5.74) is 2.76. The second kappa shape index (κ2) is 15.9. The van der Waals surface area contributed by atoms with Gasteiger partial charge in [-0.3, -0.25) is 13.9 Å². The van der Waals surface area contributed by atoms with Gasteiger partial charge in [-0.05, 0) is 60.4 Å². The number of benzene rings is 4. The van der Waals surface area contributed by atoms with Crippen LogP contribution in [0.4, 0.5) is 5.69 Å². The van der Waals surface area contributed by atoms with Crippen LogP contribution < -0.4 is 14.4 Å². The van der Waals surface area contributed by atoms with Crippen molar-refractivity contribution < 1.29 is 22.7 Å². The molecule has 8 nitrogen and oxygen atoms in total. The Kier molecular flexibility index (Phi) is 12.0. The van der Waals surface area contributed by atoms with Crippen molar-refractivity contribution >= 4 is 43.5 Å². The number of nitrogens with zero attached hydrogens (tertiary/aromatic N) is 2. The van der Waals surface area contributed by atoms with E-state index in [1.165, 1.54) is 24.1 Å². The summed E-state index contributed by atoms with van der Waals surface area (Å²) in [6.45, 7) is 5.81. The number of nitrogens with one attached hydrogen (secondary N) is 1. The van der Waals surface area contributed by atoms with E-state index >= 15 is 0 Å². The smallest absolute Gasteiger partial charge is 0.264 e. The molecule has 10 heteroatoms. The average molecular weight is 707 g/mol. The first-order valence-electron chi connectivity index (χ1n) is 15.1. The maximum Gasteiger partial charge on any atom is 0.264 e. The Morgan fingerprint density at radius 1 is 0.870 bits per heavy atom. The zero-order valence-corrected chi connectivity index (χ0v) is 28.9. The fourth-order valence-corrected chi connectivity index (χ4v) is 6.87. The molecule has 4 aromatic carbocycles. The number of sulfonamides is 1. The van der Waals surface area contributed by atoms with Gasteiger partial charge in [0.05, 0.1) is 17.7 Å². The molecule has 0 unspecified atom stereocenters. The highest BCUT2D eigenvalue weighted by atomic mass is 79.9. The number of carbonyl (C=O) groups excluding carboxylic acids is 2. The summed E-state index contributed by atoms with van der Waals surface area (Å²) in [4.78, 5) is 30.0. The van der Waals surface area contributed by atoms with Gasteiger partial charge in [-0.1, -0.05) is 102 Å². The molecule has 0 aliphatic carbocycles. The Bertz CT molecular complexity index is 1730. The van der Waals surface area contributed by atoms with Gasteiger partial charge in [0.25, 0.3) is 10.0 Å². The monoisotopic (exact) mass is 705 g/mol. The molecular weight excluding hydrogens is 666 g/mol. The minimum absolute atomic E-state index is 0.0332. The molecule has 0 radical (unpaired) electrons. The highest BCUT2D eigenvalue weighted by Gasteiger charge is 2.35. The molecule has 46 heavy (non-hydrogen) atoms. The first-order chi connectivity index (χ1) is 22.0. The van der Waals surface area contributed by atoms with Crippen LogP contribution in [-0.4, -0.2) is 51.4 Å². The second-order valence-electron chi connectivity index (χ2n) is 11.5. The molecule has 0 aliphatic heterocycles. The molecule has 4 aromatic rings. The van der Waals surface area contributed by atoms with Crippen molar-refractivity contribution in [3.05, 3.63) is 124 Å². The van der Waals surface area contributed by atoms with Crippen molar-refractivity contribution in [1.82, 2.24) is 10.2 Å². The number of carbonyl (C=O) groups is 2. The van der Waals surface area contributed by atoms with Gasteiger partial charge in [-0.15, -0.1) is 0 Å². The van der Waals surface area contributed by atoms with Gasteiger partial charge in [-0.2, -0.15) is 0 Å². The number of rotatable bonds is 14. The Labute approximate surface area is 280 Å². The minimum Gasteiger partial charge on any atom is -0.495 e. The molecule has 1 N–H and O–H groups in total. The van der Waals surface area contributed by atoms with Gasteiger partial charge in [0.1, 0.15) is 18.3 Å². The molecular formula is C36H40BrN3O5S. The molecule has 0 saturated heterocycles. The Morgan fingerprint density at radius 3 is 2.17 bits per heavy atom. The highest BCUT2D eigenvalue weighted by molar-refractivity contribution is 9.10. The van der Waals surface area contributed by atoms with Crippen LogP contribution in [0.15, 0.2) is 112 Å². The van der Waals surface area contributed by atoms with Crippen molar-refractivity contribution in [3.63, 3.8) is 0 Å². The van der Waals surface area contributed by atoms with E-state index < -0.39 is 28.5 Å². The number of aryl methyl sites for hydroxylation is 1. The molecule has 0 saturated carbocycles. The lowest BCUT2D eigenvalue weighted by atomic mass is 10.0. The molecule has 242 valence electrons. The van der Waals surface area contributed by atoms with Crippen LogP contribution in [-0.2, 0) is 32.6 Å². The lowest BCUT2D eigenvalue weighted by molar-refractivity contribution is -0.140. The lowest BCUT2D eigenvalue weighted by Crippen LogP contribution is -2.53. The van der Waals surface area contributed by atoms with E-state index in [4.69, 9.17) is 4.74 Å². The van der Waals surface area contributed by atoms with Gasteiger partial charge in [0.2, 0.25) is 11.8 Å². The SMILES string of the molecule is COc1ccccc1N(CC(=O)N(Cc1cccc(Br)c1)[C@H](Cc1ccccc1)C(=O)NCC(C)C)S(=O)(=O)c1ccc(C)cc1. The highest BCUT2D eigenvalue weighted by Crippen LogP contribution is 2.33. The summed E-state index contributed by atoms with van der Waals surface area (Å²) in [5, 5.41) is 3.01. The van der Waals surface area contributed by atoms with Crippen molar-refractivity contribution in [3.8, 4) is 5.75 Å². The number of ether oxygens (including phenoxy) is 1. The van der Waals surface area contributed by atoms with E-state index in [-0.39, 0.29) is 35.4 Å². The zero-order valence-electron chi connectivity index (χ0n) is 26.5. The van der Waals surface area contributed by atoms with Crippen molar-refractivity contribution in [2.45, 2.75) is 44.7 Å². The molecule has 2 amide bonds. The molecule has 0 heterocycles. The van der Waals surface area contributed by atoms with Gasteiger partial charge in [0.15, 0.2) is 0 Å². The molecule has 0 aliphatic rings. The third-order valence-corrected chi connectivity index (χ3v) is 9.71. The quantitative estimate of drug-likeness (QED) is 0.164. The van der Waals surface area contributed by atoms with Crippen molar-refractivity contribution in [1.29, 1.82) is 0 Å². The van der Waals surface area contributed by atoms with Crippen LogP contribution in [0.2, 0.25) is 0 Å². The number of hydrogen-bond donors (Lipinski definition) is 1.